The molecular formula is C14H21ClN2S. The lowest BCUT2D eigenvalue weighted by molar-refractivity contribution is 0.725. The molecular weight excluding hydrogens is 264 g/mol. The molecule has 0 bridgehead atoms. The van der Waals surface area contributed by atoms with Gasteiger partial charge in [-0.05, 0) is 37.1 Å². The summed E-state index contributed by atoms with van der Waals surface area (Å²) in [4.78, 5) is 2.47. The Morgan fingerprint density at radius 3 is 3.00 bits per heavy atom. The molecule has 0 radical (unpaired) electrons. The molecule has 0 aliphatic carbocycles. The average Bonchev–Trinajstić information content (AvgIpc) is 2.28. The Kier molecular flexibility index (Phi) is 4.82. The average molecular weight is 285 g/mol. The third kappa shape index (κ3) is 3.56. The van der Waals surface area contributed by atoms with Gasteiger partial charge in [0.2, 0.25) is 0 Å². The van der Waals surface area contributed by atoms with Crippen LogP contribution in [0.1, 0.15) is 19.4 Å². The SMILES string of the molecule is CC(N)Cc1cc(Cl)ccc1N1CCSC(C)C1. The van der Waals surface area contributed by atoms with E-state index >= 15 is 0 Å². The van der Waals surface area contributed by atoms with Crippen LogP contribution in [-0.4, -0.2) is 30.1 Å². The summed E-state index contributed by atoms with van der Waals surface area (Å²) in [6.45, 7) is 6.55. The molecule has 1 aromatic carbocycles. The van der Waals surface area contributed by atoms with Crippen molar-refractivity contribution in [3.63, 3.8) is 0 Å². The van der Waals surface area contributed by atoms with Crippen molar-refractivity contribution in [2.24, 2.45) is 5.73 Å². The monoisotopic (exact) mass is 284 g/mol. The van der Waals surface area contributed by atoms with Crippen LogP contribution in [0.25, 0.3) is 0 Å². The summed E-state index contributed by atoms with van der Waals surface area (Å²) in [7, 11) is 0. The smallest absolute Gasteiger partial charge is 0.0410 e. The van der Waals surface area contributed by atoms with Gasteiger partial charge in [-0.2, -0.15) is 11.8 Å². The number of anilines is 1. The molecule has 1 heterocycles. The van der Waals surface area contributed by atoms with Crippen molar-refractivity contribution < 1.29 is 0 Å². The summed E-state index contributed by atoms with van der Waals surface area (Å²) in [5, 5.41) is 1.49. The maximum atomic E-state index is 6.10. The summed E-state index contributed by atoms with van der Waals surface area (Å²) in [5.74, 6) is 1.20. The lowest BCUT2D eigenvalue weighted by Gasteiger charge is -2.34. The molecule has 1 fully saturated rings. The highest BCUT2D eigenvalue weighted by molar-refractivity contribution is 8.00. The molecule has 2 atom stereocenters. The van der Waals surface area contributed by atoms with Crippen molar-refractivity contribution in [2.75, 3.05) is 23.7 Å². The molecule has 0 amide bonds. The minimum Gasteiger partial charge on any atom is -0.369 e. The van der Waals surface area contributed by atoms with Gasteiger partial charge in [0.25, 0.3) is 0 Å². The summed E-state index contributed by atoms with van der Waals surface area (Å²) in [6.07, 6.45) is 0.883. The maximum absolute atomic E-state index is 6.10. The number of benzene rings is 1. The zero-order chi connectivity index (χ0) is 13.1. The molecule has 2 N–H and O–H groups in total. The molecule has 0 aromatic heterocycles. The second-order valence-electron chi connectivity index (χ2n) is 5.08. The Morgan fingerprint density at radius 1 is 1.56 bits per heavy atom. The van der Waals surface area contributed by atoms with Crippen molar-refractivity contribution in [3.05, 3.63) is 28.8 Å². The van der Waals surface area contributed by atoms with Gasteiger partial charge < -0.3 is 10.6 Å². The highest BCUT2D eigenvalue weighted by Crippen LogP contribution is 2.29. The minimum atomic E-state index is 0.166. The van der Waals surface area contributed by atoms with Crippen molar-refractivity contribution >= 4 is 29.1 Å². The van der Waals surface area contributed by atoms with E-state index in [4.69, 9.17) is 17.3 Å². The topological polar surface area (TPSA) is 29.3 Å². The van der Waals surface area contributed by atoms with Crippen molar-refractivity contribution in [1.82, 2.24) is 0 Å². The van der Waals surface area contributed by atoms with Gasteiger partial charge in [-0.25, -0.2) is 0 Å². The summed E-state index contributed by atoms with van der Waals surface area (Å²) in [6, 6.07) is 6.35. The maximum Gasteiger partial charge on any atom is 0.0410 e. The predicted octanol–water partition coefficient (Wildman–Crippen LogP) is 3.17. The zero-order valence-electron chi connectivity index (χ0n) is 11.0. The predicted molar refractivity (Wildman–Crippen MR) is 82.9 cm³/mol. The first-order valence-electron chi connectivity index (χ1n) is 6.47. The Bertz CT molecular complexity index is 409. The molecule has 1 aromatic rings. The third-order valence-electron chi connectivity index (χ3n) is 3.17. The standard InChI is InChI=1S/C14H21ClN2S/c1-10(16)7-12-8-13(15)3-4-14(12)17-5-6-18-11(2)9-17/h3-4,8,10-11H,5-7,9,16H2,1-2H3. The lowest BCUT2D eigenvalue weighted by atomic mass is 10.0. The van der Waals surface area contributed by atoms with Crippen LogP contribution in [0.5, 0.6) is 0 Å². The number of hydrogen-bond donors (Lipinski definition) is 1. The van der Waals surface area contributed by atoms with E-state index in [1.807, 2.05) is 24.8 Å². The van der Waals surface area contributed by atoms with E-state index in [1.165, 1.54) is 17.0 Å². The molecule has 1 aliphatic rings. The molecule has 2 unspecified atom stereocenters. The van der Waals surface area contributed by atoms with E-state index in [2.05, 4.69) is 24.0 Å². The number of nitrogens with two attached hydrogens (primary N) is 1. The Balaban J connectivity index is 2.25. The number of hydrogen-bond acceptors (Lipinski definition) is 3. The fourth-order valence-corrected chi connectivity index (χ4v) is 3.62. The molecule has 2 nitrogen and oxygen atoms in total. The Morgan fingerprint density at radius 2 is 2.33 bits per heavy atom. The van der Waals surface area contributed by atoms with Crippen LogP contribution in [0.2, 0.25) is 5.02 Å². The van der Waals surface area contributed by atoms with E-state index < -0.39 is 0 Å². The van der Waals surface area contributed by atoms with Gasteiger partial charge >= 0.3 is 0 Å². The first-order chi connectivity index (χ1) is 8.56. The summed E-state index contributed by atoms with van der Waals surface area (Å²) >= 11 is 8.15. The van der Waals surface area contributed by atoms with E-state index in [9.17, 15) is 0 Å². The summed E-state index contributed by atoms with van der Waals surface area (Å²) < 4.78 is 0. The molecule has 100 valence electrons. The van der Waals surface area contributed by atoms with Gasteiger partial charge in [0.1, 0.15) is 0 Å². The van der Waals surface area contributed by atoms with E-state index in [0.717, 1.165) is 24.5 Å². The van der Waals surface area contributed by atoms with Crippen LogP contribution >= 0.6 is 23.4 Å². The fourth-order valence-electron chi connectivity index (χ4n) is 2.41. The molecule has 4 heteroatoms. The van der Waals surface area contributed by atoms with Crippen LogP contribution in [0, 0.1) is 0 Å². The molecule has 0 spiro atoms. The van der Waals surface area contributed by atoms with Crippen LogP contribution in [0.4, 0.5) is 5.69 Å². The quantitative estimate of drug-likeness (QED) is 0.924. The first-order valence-corrected chi connectivity index (χ1v) is 7.89. The van der Waals surface area contributed by atoms with Crippen LogP contribution in [-0.2, 0) is 6.42 Å². The molecule has 18 heavy (non-hydrogen) atoms. The molecule has 1 saturated heterocycles. The third-order valence-corrected chi connectivity index (χ3v) is 4.54. The molecule has 0 saturated carbocycles. The van der Waals surface area contributed by atoms with Crippen LogP contribution in [0.15, 0.2) is 18.2 Å². The fraction of sp³-hybridized carbons (Fsp3) is 0.571. The van der Waals surface area contributed by atoms with Crippen molar-refractivity contribution in [3.8, 4) is 0 Å². The van der Waals surface area contributed by atoms with Gasteiger partial charge in [0.15, 0.2) is 0 Å². The highest BCUT2D eigenvalue weighted by Gasteiger charge is 2.19. The Labute approximate surface area is 119 Å². The molecule has 1 aliphatic heterocycles. The van der Waals surface area contributed by atoms with E-state index in [-0.39, 0.29) is 6.04 Å². The van der Waals surface area contributed by atoms with E-state index in [1.54, 1.807) is 0 Å². The van der Waals surface area contributed by atoms with Crippen LogP contribution < -0.4 is 10.6 Å². The van der Waals surface area contributed by atoms with E-state index in [0.29, 0.717) is 5.25 Å². The largest absolute Gasteiger partial charge is 0.369 e. The van der Waals surface area contributed by atoms with Gasteiger partial charge in [-0.15, -0.1) is 0 Å². The second kappa shape index (κ2) is 6.18. The first kappa shape index (κ1) is 14.0. The molecule has 2 rings (SSSR count). The highest BCUT2D eigenvalue weighted by atomic mass is 35.5. The van der Waals surface area contributed by atoms with Crippen molar-refractivity contribution in [2.45, 2.75) is 31.6 Å². The number of nitrogens with zero attached hydrogens (tertiary/aromatic N) is 1. The normalized spacial score (nSPS) is 22.0. The zero-order valence-corrected chi connectivity index (χ0v) is 12.6. The van der Waals surface area contributed by atoms with Gasteiger partial charge in [0.05, 0.1) is 0 Å². The number of rotatable bonds is 3. The van der Waals surface area contributed by atoms with Gasteiger partial charge in [-0.3, -0.25) is 0 Å². The lowest BCUT2D eigenvalue weighted by Crippen LogP contribution is -2.37. The van der Waals surface area contributed by atoms with Crippen molar-refractivity contribution in [1.29, 1.82) is 0 Å². The number of halogens is 1. The van der Waals surface area contributed by atoms with Gasteiger partial charge in [-0.1, -0.05) is 18.5 Å². The second-order valence-corrected chi connectivity index (χ2v) is 7.06. The Hall–Kier alpha value is -0.380. The number of thioether (sulfide) groups is 1. The van der Waals surface area contributed by atoms with Crippen LogP contribution in [0.3, 0.4) is 0 Å². The minimum absolute atomic E-state index is 0.166. The van der Waals surface area contributed by atoms with Gasteiger partial charge in [0, 0.05) is 40.8 Å². The summed E-state index contributed by atoms with van der Waals surface area (Å²) in [5.41, 5.74) is 8.52.